The fourth-order valence-electron chi connectivity index (χ4n) is 1.10. The summed E-state index contributed by atoms with van der Waals surface area (Å²) in [5.41, 5.74) is 0.294. The number of rotatable bonds is 1. The van der Waals surface area contributed by atoms with Crippen LogP contribution >= 0.6 is 0 Å². The van der Waals surface area contributed by atoms with Crippen molar-refractivity contribution in [1.29, 1.82) is 0 Å². The number of aliphatic imine (C=N–C) groups is 1. The van der Waals surface area contributed by atoms with E-state index in [-0.39, 0.29) is 5.90 Å². The summed E-state index contributed by atoms with van der Waals surface area (Å²) in [6.07, 6.45) is 0. The molecule has 0 amide bonds. The van der Waals surface area contributed by atoms with Crippen molar-refractivity contribution in [2.75, 3.05) is 13.2 Å². The lowest BCUT2D eigenvalue weighted by molar-refractivity contribution is 0.348. The summed E-state index contributed by atoms with van der Waals surface area (Å²) in [5.74, 6) is -1.46. The average Bonchev–Trinajstić information content (AvgIpc) is 2.53. The number of hydrogen-bond acceptors (Lipinski definition) is 3. The summed E-state index contributed by atoms with van der Waals surface area (Å²) < 4.78 is 30.3. The lowest BCUT2D eigenvalue weighted by Gasteiger charge is -2.00. The molecule has 0 saturated carbocycles. The molecule has 0 radical (unpaired) electrons. The monoisotopic (exact) mass is 184 g/mol. The first-order valence-corrected chi connectivity index (χ1v) is 3.76. The Kier molecular flexibility index (Phi) is 1.92. The number of hydrogen-bond donors (Lipinski definition) is 0. The molecule has 1 aromatic heterocycles. The van der Waals surface area contributed by atoms with Gasteiger partial charge in [0.1, 0.15) is 6.61 Å². The number of ether oxygens (including phenoxy) is 1. The zero-order valence-electron chi connectivity index (χ0n) is 6.63. The number of nitrogens with zero attached hydrogens (tertiary/aromatic N) is 2. The van der Waals surface area contributed by atoms with Crippen LogP contribution in [0.15, 0.2) is 17.1 Å². The third-order valence-corrected chi connectivity index (χ3v) is 1.60. The summed E-state index contributed by atoms with van der Waals surface area (Å²) in [7, 11) is 0. The van der Waals surface area contributed by atoms with Crippen molar-refractivity contribution in [1.82, 2.24) is 4.98 Å². The summed E-state index contributed by atoms with van der Waals surface area (Å²) >= 11 is 0. The van der Waals surface area contributed by atoms with E-state index in [0.717, 1.165) is 12.1 Å². The zero-order valence-corrected chi connectivity index (χ0v) is 6.63. The van der Waals surface area contributed by atoms with E-state index < -0.39 is 11.9 Å². The Labute approximate surface area is 73.1 Å². The highest BCUT2D eigenvalue weighted by Crippen LogP contribution is 2.09. The van der Waals surface area contributed by atoms with Gasteiger partial charge in [0.2, 0.25) is 17.8 Å². The second-order valence-electron chi connectivity index (χ2n) is 2.54. The van der Waals surface area contributed by atoms with Crippen molar-refractivity contribution >= 4 is 5.90 Å². The lowest BCUT2D eigenvalue weighted by Crippen LogP contribution is -2.03. The largest absolute Gasteiger partial charge is 0.476 e. The van der Waals surface area contributed by atoms with Crippen LogP contribution in [0.5, 0.6) is 0 Å². The third kappa shape index (κ3) is 1.63. The zero-order chi connectivity index (χ0) is 9.26. The molecule has 0 N–H and O–H groups in total. The first kappa shape index (κ1) is 8.10. The van der Waals surface area contributed by atoms with Crippen LogP contribution in [0.4, 0.5) is 8.78 Å². The van der Waals surface area contributed by atoms with Crippen LogP contribution in [0.25, 0.3) is 0 Å². The molecule has 1 aliphatic heterocycles. The fourth-order valence-corrected chi connectivity index (χ4v) is 1.10. The summed E-state index contributed by atoms with van der Waals surface area (Å²) in [5, 5.41) is 0. The van der Waals surface area contributed by atoms with Crippen molar-refractivity contribution in [3.05, 3.63) is 29.6 Å². The quantitative estimate of drug-likeness (QED) is 0.613. The van der Waals surface area contributed by atoms with Crippen LogP contribution in [0.1, 0.15) is 5.56 Å². The maximum Gasteiger partial charge on any atom is 0.216 e. The van der Waals surface area contributed by atoms with Crippen LogP contribution in [-0.2, 0) is 4.74 Å². The van der Waals surface area contributed by atoms with Gasteiger partial charge in [0, 0.05) is 17.7 Å². The maximum absolute atomic E-state index is 12.6. The van der Waals surface area contributed by atoms with Gasteiger partial charge < -0.3 is 4.74 Å². The Bertz CT molecular complexity index is 345. The predicted octanol–water partition coefficient (Wildman–Crippen LogP) is 1.14. The fraction of sp³-hybridized carbons (Fsp3) is 0.250. The molecule has 2 rings (SSSR count). The molecule has 0 aromatic carbocycles. The third-order valence-electron chi connectivity index (χ3n) is 1.60. The number of aromatic nitrogens is 1. The summed E-state index contributed by atoms with van der Waals surface area (Å²) in [4.78, 5) is 6.88. The molecule has 0 bridgehead atoms. The van der Waals surface area contributed by atoms with Crippen LogP contribution in [-0.4, -0.2) is 24.0 Å². The van der Waals surface area contributed by atoms with Gasteiger partial charge in [0.15, 0.2) is 0 Å². The van der Waals surface area contributed by atoms with E-state index in [9.17, 15) is 8.78 Å². The molecule has 0 saturated heterocycles. The molecule has 0 spiro atoms. The van der Waals surface area contributed by atoms with E-state index in [1.54, 1.807) is 0 Å². The Morgan fingerprint density at radius 2 is 1.92 bits per heavy atom. The topological polar surface area (TPSA) is 34.5 Å². The van der Waals surface area contributed by atoms with Gasteiger partial charge in [-0.2, -0.15) is 13.8 Å². The lowest BCUT2D eigenvalue weighted by atomic mass is 10.2. The van der Waals surface area contributed by atoms with Gasteiger partial charge in [-0.15, -0.1) is 0 Å². The minimum absolute atomic E-state index is 0.278. The standard InChI is InChI=1S/C8H6F2N2O/c9-6-3-5(4-7(10)12-6)8-11-1-2-13-8/h3-4H,1-2H2. The molecule has 5 heteroatoms. The Morgan fingerprint density at radius 1 is 1.23 bits per heavy atom. The first-order valence-electron chi connectivity index (χ1n) is 3.76. The second-order valence-corrected chi connectivity index (χ2v) is 2.54. The SMILES string of the molecule is Fc1cc(C2=NCCO2)cc(F)n1. The summed E-state index contributed by atoms with van der Waals surface area (Å²) in [6, 6.07) is 2.18. The van der Waals surface area contributed by atoms with Crippen molar-refractivity contribution in [3.8, 4) is 0 Å². The van der Waals surface area contributed by atoms with E-state index in [4.69, 9.17) is 4.74 Å². The molecular weight excluding hydrogens is 178 g/mol. The minimum atomic E-state index is -0.867. The highest BCUT2D eigenvalue weighted by molar-refractivity contribution is 5.94. The highest BCUT2D eigenvalue weighted by Gasteiger charge is 2.12. The Hall–Kier alpha value is -1.52. The molecule has 1 aliphatic rings. The second kappa shape index (κ2) is 3.08. The smallest absolute Gasteiger partial charge is 0.216 e. The molecule has 2 heterocycles. The molecule has 68 valence electrons. The van der Waals surface area contributed by atoms with Crippen LogP contribution in [0.3, 0.4) is 0 Å². The number of pyridine rings is 1. The van der Waals surface area contributed by atoms with Crippen LogP contribution in [0, 0.1) is 11.9 Å². The van der Waals surface area contributed by atoms with E-state index in [2.05, 4.69) is 9.98 Å². The van der Waals surface area contributed by atoms with Gasteiger partial charge in [-0.1, -0.05) is 0 Å². The van der Waals surface area contributed by atoms with Crippen molar-refractivity contribution in [2.45, 2.75) is 0 Å². The van der Waals surface area contributed by atoms with E-state index in [0.29, 0.717) is 18.7 Å². The van der Waals surface area contributed by atoms with Gasteiger partial charge in [-0.25, -0.2) is 4.99 Å². The molecule has 1 aromatic rings. The molecule has 13 heavy (non-hydrogen) atoms. The average molecular weight is 184 g/mol. The van der Waals surface area contributed by atoms with Gasteiger partial charge in [-0.3, -0.25) is 0 Å². The van der Waals surface area contributed by atoms with Gasteiger partial charge in [-0.05, 0) is 0 Å². The predicted molar refractivity (Wildman–Crippen MR) is 41.5 cm³/mol. The van der Waals surface area contributed by atoms with Gasteiger partial charge in [0.25, 0.3) is 0 Å². The number of halogens is 2. The van der Waals surface area contributed by atoms with E-state index >= 15 is 0 Å². The molecule has 0 fully saturated rings. The first-order chi connectivity index (χ1) is 6.25. The molecule has 0 atom stereocenters. The minimum Gasteiger partial charge on any atom is -0.476 e. The maximum atomic E-state index is 12.6. The van der Waals surface area contributed by atoms with Crippen LogP contribution < -0.4 is 0 Å². The molecular formula is C8H6F2N2O. The van der Waals surface area contributed by atoms with Crippen molar-refractivity contribution in [3.63, 3.8) is 0 Å². The van der Waals surface area contributed by atoms with Gasteiger partial charge >= 0.3 is 0 Å². The highest BCUT2D eigenvalue weighted by atomic mass is 19.1. The Morgan fingerprint density at radius 3 is 2.46 bits per heavy atom. The van der Waals surface area contributed by atoms with Crippen molar-refractivity contribution < 1.29 is 13.5 Å². The van der Waals surface area contributed by atoms with E-state index in [1.165, 1.54) is 0 Å². The van der Waals surface area contributed by atoms with Gasteiger partial charge in [0.05, 0.1) is 6.54 Å². The van der Waals surface area contributed by atoms with E-state index in [1.807, 2.05) is 0 Å². The van der Waals surface area contributed by atoms with Crippen molar-refractivity contribution in [2.24, 2.45) is 4.99 Å². The molecule has 3 nitrogen and oxygen atoms in total. The molecule has 0 unspecified atom stereocenters. The normalized spacial score (nSPS) is 15.4. The van der Waals surface area contributed by atoms with Crippen LogP contribution in [0.2, 0.25) is 0 Å². The Balaban J connectivity index is 2.39. The summed E-state index contributed by atoms with van der Waals surface area (Å²) in [6.45, 7) is 0.988. The molecule has 0 aliphatic carbocycles.